The quantitative estimate of drug-likeness (QED) is 0.785. The van der Waals surface area contributed by atoms with Gasteiger partial charge in [-0.25, -0.2) is 0 Å². The van der Waals surface area contributed by atoms with Gasteiger partial charge in [-0.3, -0.25) is 0 Å². The van der Waals surface area contributed by atoms with Crippen LogP contribution in [-0.2, 0) is 6.42 Å². The molecule has 0 aliphatic heterocycles. The summed E-state index contributed by atoms with van der Waals surface area (Å²) < 4.78 is 0. The Morgan fingerprint density at radius 1 is 1.47 bits per heavy atom. The summed E-state index contributed by atoms with van der Waals surface area (Å²) in [5.41, 5.74) is 3.08. The van der Waals surface area contributed by atoms with E-state index in [1.165, 1.54) is 29.7 Å². The number of rotatable bonds is 3. The predicted octanol–water partition coefficient (Wildman–Crippen LogP) is 3.40. The van der Waals surface area contributed by atoms with Crippen LogP contribution in [0.1, 0.15) is 36.9 Å². The maximum Gasteiger partial charge on any atom is 0.0322 e. The van der Waals surface area contributed by atoms with Gasteiger partial charge in [0.15, 0.2) is 0 Å². The first kappa shape index (κ1) is 11.0. The van der Waals surface area contributed by atoms with Gasteiger partial charge < -0.3 is 5.32 Å². The van der Waals surface area contributed by atoms with Crippen molar-refractivity contribution in [3.63, 3.8) is 0 Å². The van der Waals surface area contributed by atoms with Crippen molar-refractivity contribution in [1.82, 2.24) is 5.32 Å². The number of thioether (sulfide) groups is 1. The molecule has 1 unspecified atom stereocenters. The van der Waals surface area contributed by atoms with Crippen molar-refractivity contribution in [3.8, 4) is 0 Å². The van der Waals surface area contributed by atoms with Gasteiger partial charge in [0.1, 0.15) is 0 Å². The minimum atomic E-state index is 0.592. The number of hydrogen-bond donors (Lipinski definition) is 1. The Bertz CT molecular complexity index is 335. The molecule has 1 nitrogen and oxygen atoms in total. The van der Waals surface area contributed by atoms with Crippen LogP contribution >= 0.6 is 11.8 Å². The summed E-state index contributed by atoms with van der Waals surface area (Å²) in [6, 6.07) is 7.52. The van der Waals surface area contributed by atoms with Crippen molar-refractivity contribution in [3.05, 3.63) is 29.3 Å². The van der Waals surface area contributed by atoms with Gasteiger partial charge in [0.05, 0.1) is 0 Å². The minimum absolute atomic E-state index is 0.592. The molecule has 1 aliphatic carbocycles. The van der Waals surface area contributed by atoms with Crippen molar-refractivity contribution in [2.75, 3.05) is 12.8 Å². The molecule has 0 spiro atoms. The number of aryl methyl sites for hydroxylation is 1. The standard InChI is InChI=1S/C13H19NS/c1-3-14-13-6-4-5-10-9-11(15-2)7-8-12(10)13/h7-9,13-14H,3-6H2,1-2H3. The van der Waals surface area contributed by atoms with E-state index in [0.29, 0.717) is 6.04 Å². The fraction of sp³-hybridized carbons (Fsp3) is 0.538. The van der Waals surface area contributed by atoms with E-state index in [1.807, 2.05) is 11.8 Å². The fourth-order valence-electron chi connectivity index (χ4n) is 2.38. The van der Waals surface area contributed by atoms with E-state index < -0.39 is 0 Å². The SMILES string of the molecule is CCNC1CCCc2cc(SC)ccc21. The van der Waals surface area contributed by atoms with Crippen molar-refractivity contribution >= 4 is 11.8 Å². The van der Waals surface area contributed by atoms with Crippen molar-refractivity contribution in [2.24, 2.45) is 0 Å². The highest BCUT2D eigenvalue weighted by molar-refractivity contribution is 7.98. The topological polar surface area (TPSA) is 12.0 Å². The lowest BCUT2D eigenvalue weighted by molar-refractivity contribution is 0.471. The van der Waals surface area contributed by atoms with Gasteiger partial charge in [-0.2, -0.15) is 0 Å². The van der Waals surface area contributed by atoms with Gasteiger partial charge in [0, 0.05) is 10.9 Å². The largest absolute Gasteiger partial charge is 0.310 e. The van der Waals surface area contributed by atoms with Gasteiger partial charge in [-0.1, -0.05) is 13.0 Å². The third kappa shape index (κ3) is 2.37. The molecule has 0 aromatic heterocycles. The second-order valence-corrected chi connectivity index (χ2v) is 4.95. The maximum atomic E-state index is 3.57. The van der Waals surface area contributed by atoms with Crippen LogP contribution in [0, 0.1) is 0 Å². The average Bonchev–Trinajstić information content (AvgIpc) is 2.29. The van der Waals surface area contributed by atoms with Crippen molar-refractivity contribution < 1.29 is 0 Å². The molecule has 2 heteroatoms. The minimum Gasteiger partial charge on any atom is -0.310 e. The average molecular weight is 221 g/mol. The first-order valence-corrected chi connectivity index (χ1v) is 6.97. The van der Waals surface area contributed by atoms with Crippen LogP contribution < -0.4 is 5.32 Å². The van der Waals surface area contributed by atoms with Gasteiger partial charge in [0.2, 0.25) is 0 Å². The Morgan fingerprint density at radius 3 is 3.07 bits per heavy atom. The van der Waals surface area contributed by atoms with E-state index in [1.54, 1.807) is 5.56 Å². The molecular weight excluding hydrogens is 202 g/mol. The summed E-state index contributed by atoms with van der Waals surface area (Å²) in [7, 11) is 0. The Labute approximate surface area is 96.7 Å². The number of fused-ring (bicyclic) bond motifs is 1. The predicted molar refractivity (Wildman–Crippen MR) is 67.6 cm³/mol. The van der Waals surface area contributed by atoms with E-state index in [0.717, 1.165) is 6.54 Å². The summed E-state index contributed by atoms with van der Waals surface area (Å²) in [4.78, 5) is 1.39. The zero-order valence-corrected chi connectivity index (χ0v) is 10.4. The van der Waals surface area contributed by atoms with Crippen molar-refractivity contribution in [2.45, 2.75) is 37.1 Å². The summed E-state index contributed by atoms with van der Waals surface area (Å²) in [5.74, 6) is 0. The Hall–Kier alpha value is -0.470. The van der Waals surface area contributed by atoms with Gasteiger partial charge >= 0.3 is 0 Å². The lowest BCUT2D eigenvalue weighted by Gasteiger charge is -2.26. The fourth-order valence-corrected chi connectivity index (χ4v) is 2.84. The number of hydrogen-bond acceptors (Lipinski definition) is 2. The molecule has 1 aliphatic rings. The summed E-state index contributed by atoms with van der Waals surface area (Å²) in [6.07, 6.45) is 6.01. The molecule has 0 saturated heterocycles. The molecule has 82 valence electrons. The number of nitrogens with one attached hydrogen (secondary N) is 1. The highest BCUT2D eigenvalue weighted by Gasteiger charge is 2.18. The smallest absolute Gasteiger partial charge is 0.0322 e. The Kier molecular flexibility index (Phi) is 3.71. The molecule has 1 aromatic rings. The molecule has 1 atom stereocenters. The maximum absolute atomic E-state index is 3.57. The second kappa shape index (κ2) is 5.04. The van der Waals surface area contributed by atoms with Crippen LogP contribution in [0.3, 0.4) is 0 Å². The molecular formula is C13H19NS. The molecule has 1 aromatic carbocycles. The third-order valence-electron chi connectivity index (χ3n) is 3.11. The van der Waals surface area contributed by atoms with Crippen LogP contribution in [0.2, 0.25) is 0 Å². The van der Waals surface area contributed by atoms with Crippen LogP contribution in [0.4, 0.5) is 0 Å². The second-order valence-electron chi connectivity index (χ2n) is 4.07. The molecule has 1 N–H and O–H groups in total. The zero-order chi connectivity index (χ0) is 10.7. The third-order valence-corrected chi connectivity index (χ3v) is 3.84. The first-order valence-electron chi connectivity index (χ1n) is 5.75. The van der Waals surface area contributed by atoms with E-state index in [-0.39, 0.29) is 0 Å². The van der Waals surface area contributed by atoms with Crippen LogP contribution in [0.15, 0.2) is 23.1 Å². The molecule has 15 heavy (non-hydrogen) atoms. The monoisotopic (exact) mass is 221 g/mol. The summed E-state index contributed by atoms with van der Waals surface area (Å²) in [6.45, 7) is 3.25. The highest BCUT2D eigenvalue weighted by Crippen LogP contribution is 2.31. The molecule has 0 amide bonds. The lowest BCUT2D eigenvalue weighted by Crippen LogP contribution is -2.24. The molecule has 0 fully saturated rings. The lowest BCUT2D eigenvalue weighted by atomic mass is 9.88. The Morgan fingerprint density at radius 2 is 2.33 bits per heavy atom. The molecule has 0 bridgehead atoms. The summed E-state index contributed by atoms with van der Waals surface area (Å²) in [5, 5.41) is 3.57. The van der Waals surface area contributed by atoms with E-state index in [9.17, 15) is 0 Å². The van der Waals surface area contributed by atoms with Gasteiger partial charge in [0.25, 0.3) is 0 Å². The van der Waals surface area contributed by atoms with E-state index in [4.69, 9.17) is 0 Å². The molecule has 0 heterocycles. The zero-order valence-electron chi connectivity index (χ0n) is 9.55. The van der Waals surface area contributed by atoms with E-state index >= 15 is 0 Å². The van der Waals surface area contributed by atoms with Gasteiger partial charge in [-0.15, -0.1) is 11.8 Å². The normalized spacial score (nSPS) is 20.0. The van der Waals surface area contributed by atoms with E-state index in [2.05, 4.69) is 36.7 Å². The van der Waals surface area contributed by atoms with Crippen LogP contribution in [0.5, 0.6) is 0 Å². The van der Waals surface area contributed by atoms with Crippen molar-refractivity contribution in [1.29, 1.82) is 0 Å². The van der Waals surface area contributed by atoms with Crippen LogP contribution in [-0.4, -0.2) is 12.8 Å². The van der Waals surface area contributed by atoms with Gasteiger partial charge in [-0.05, 0) is 55.3 Å². The van der Waals surface area contributed by atoms with Crippen LogP contribution in [0.25, 0.3) is 0 Å². The summed E-state index contributed by atoms with van der Waals surface area (Å²) >= 11 is 1.84. The number of benzene rings is 1. The Balaban J connectivity index is 2.28. The first-order chi connectivity index (χ1) is 7.35. The highest BCUT2D eigenvalue weighted by atomic mass is 32.2. The molecule has 0 saturated carbocycles. The molecule has 0 radical (unpaired) electrons. The molecule has 2 rings (SSSR count).